The molecule has 0 spiro atoms. The normalized spacial score (nSPS) is 11.7. The van der Waals surface area contributed by atoms with Crippen molar-refractivity contribution in [1.82, 2.24) is 8.87 Å². The summed E-state index contributed by atoms with van der Waals surface area (Å²) in [7, 11) is -1.41. The van der Waals surface area contributed by atoms with E-state index in [0.717, 1.165) is 3.97 Å². The molecule has 3 rings (SSSR count). The second-order valence-electron chi connectivity index (χ2n) is 8.72. The number of amides is 1. The number of ether oxygens (including phenoxy) is 2. The first-order valence-electron chi connectivity index (χ1n) is 10.6. The van der Waals surface area contributed by atoms with E-state index >= 15 is 0 Å². The predicted octanol–water partition coefficient (Wildman–Crippen LogP) is 4.55. The van der Waals surface area contributed by atoms with Crippen LogP contribution in [0.5, 0.6) is 0 Å². The smallest absolute Gasteiger partial charge is 0.410 e. The molecule has 1 amide bonds. The first kappa shape index (κ1) is 25.0. The van der Waals surface area contributed by atoms with Gasteiger partial charge in [-0.2, -0.15) is 0 Å². The molecule has 0 aliphatic heterocycles. The van der Waals surface area contributed by atoms with Crippen LogP contribution in [0.25, 0.3) is 11.3 Å². The summed E-state index contributed by atoms with van der Waals surface area (Å²) < 4.78 is 38.8. The Kier molecular flexibility index (Phi) is 7.16. The Labute approximate surface area is 199 Å². The Morgan fingerprint density at radius 2 is 1.62 bits per heavy atom. The molecule has 1 heterocycles. The van der Waals surface area contributed by atoms with Crippen LogP contribution >= 0.6 is 0 Å². The molecule has 0 saturated heterocycles. The summed E-state index contributed by atoms with van der Waals surface area (Å²) in [6.45, 7) is 5.44. The van der Waals surface area contributed by atoms with E-state index in [1.807, 2.05) is 6.07 Å². The highest BCUT2D eigenvalue weighted by atomic mass is 32.2. The summed E-state index contributed by atoms with van der Waals surface area (Å²) in [5.41, 5.74) is 0.907. The number of nitrogens with zero attached hydrogens (tertiary/aromatic N) is 2. The fraction of sp³-hybridized carbons (Fsp3) is 0.280. The largest absolute Gasteiger partial charge is 0.465 e. The number of rotatable bonds is 6. The van der Waals surface area contributed by atoms with Crippen molar-refractivity contribution in [1.29, 1.82) is 0 Å². The Balaban J connectivity index is 2.10. The van der Waals surface area contributed by atoms with Crippen molar-refractivity contribution in [3.8, 4) is 11.3 Å². The van der Waals surface area contributed by atoms with Crippen LogP contribution in [0, 0.1) is 0 Å². The number of hydrogen-bond acceptors (Lipinski definition) is 6. The SMILES string of the molecule is COC(=O)c1ccccc1S(=O)(=O)n1cc(CN(C)C(=O)OC(C)(C)C)cc1-c1ccccc1. The van der Waals surface area contributed by atoms with Crippen LogP contribution in [-0.2, 0) is 26.0 Å². The van der Waals surface area contributed by atoms with Crippen molar-refractivity contribution in [3.05, 3.63) is 78.0 Å². The van der Waals surface area contributed by atoms with Gasteiger partial charge in [0.05, 0.1) is 24.9 Å². The lowest BCUT2D eigenvalue weighted by atomic mass is 10.1. The molecule has 0 aliphatic rings. The average Bonchev–Trinajstić information content (AvgIpc) is 3.22. The molecule has 0 bridgehead atoms. The van der Waals surface area contributed by atoms with Crippen LogP contribution in [0.15, 0.2) is 71.8 Å². The highest BCUT2D eigenvalue weighted by Gasteiger charge is 2.28. The van der Waals surface area contributed by atoms with Crippen molar-refractivity contribution in [2.24, 2.45) is 0 Å². The number of hydrogen-bond donors (Lipinski definition) is 0. The van der Waals surface area contributed by atoms with Crippen molar-refractivity contribution in [3.63, 3.8) is 0 Å². The zero-order valence-electron chi connectivity index (χ0n) is 19.8. The van der Waals surface area contributed by atoms with E-state index in [1.165, 1.54) is 30.3 Å². The number of carbonyl (C=O) groups excluding carboxylic acids is 2. The Hall–Kier alpha value is -3.59. The van der Waals surface area contributed by atoms with Gasteiger partial charge in [0.1, 0.15) is 10.5 Å². The van der Waals surface area contributed by atoms with Gasteiger partial charge in [-0.3, -0.25) is 0 Å². The summed E-state index contributed by atoms with van der Waals surface area (Å²) >= 11 is 0. The summed E-state index contributed by atoms with van der Waals surface area (Å²) in [5, 5.41) is 0. The van der Waals surface area contributed by atoms with Gasteiger partial charge < -0.3 is 14.4 Å². The zero-order valence-corrected chi connectivity index (χ0v) is 20.6. The maximum atomic E-state index is 13.7. The standard InChI is InChI=1S/C25H28N2O6S/c1-25(2,3)33-24(29)26(4)16-18-15-21(19-11-7-6-8-12-19)27(17-18)34(30,31)22-14-10-9-13-20(22)23(28)32-5/h6-15,17H,16H2,1-5H3. The van der Waals surface area contributed by atoms with Crippen molar-refractivity contribution < 1.29 is 27.5 Å². The summed E-state index contributed by atoms with van der Waals surface area (Å²) in [4.78, 5) is 25.9. The molecular formula is C25H28N2O6S. The Bertz CT molecular complexity index is 1290. The Morgan fingerprint density at radius 3 is 2.24 bits per heavy atom. The van der Waals surface area contributed by atoms with Crippen molar-refractivity contribution in [2.75, 3.05) is 14.2 Å². The Morgan fingerprint density at radius 1 is 1.00 bits per heavy atom. The third-order valence-electron chi connectivity index (χ3n) is 4.87. The molecule has 1 aromatic heterocycles. The minimum absolute atomic E-state index is 0.0647. The van der Waals surface area contributed by atoms with Crippen molar-refractivity contribution >= 4 is 22.1 Å². The molecule has 0 N–H and O–H groups in total. The lowest BCUT2D eigenvalue weighted by Gasteiger charge is -2.24. The van der Waals surface area contributed by atoms with Gasteiger partial charge >= 0.3 is 12.1 Å². The van der Waals surface area contributed by atoms with Crippen LogP contribution in [0.4, 0.5) is 4.79 Å². The molecule has 2 aromatic carbocycles. The highest BCUT2D eigenvalue weighted by Crippen LogP contribution is 2.29. The molecule has 0 saturated carbocycles. The number of esters is 1. The van der Waals surface area contributed by atoms with Crippen LogP contribution in [0.3, 0.4) is 0 Å². The molecule has 0 atom stereocenters. The predicted molar refractivity (Wildman–Crippen MR) is 128 cm³/mol. The topological polar surface area (TPSA) is 94.9 Å². The van der Waals surface area contributed by atoms with E-state index in [4.69, 9.17) is 9.47 Å². The fourth-order valence-electron chi connectivity index (χ4n) is 3.36. The van der Waals surface area contributed by atoms with Gasteiger partial charge in [0.2, 0.25) is 0 Å². The van der Waals surface area contributed by atoms with Crippen LogP contribution in [-0.4, -0.2) is 49.1 Å². The van der Waals surface area contributed by atoms with E-state index < -0.39 is 27.7 Å². The summed E-state index contributed by atoms with van der Waals surface area (Å²) in [6, 6.07) is 16.6. The molecule has 34 heavy (non-hydrogen) atoms. The first-order chi connectivity index (χ1) is 15.9. The van der Waals surface area contributed by atoms with E-state index in [1.54, 1.807) is 70.3 Å². The van der Waals surface area contributed by atoms with E-state index in [-0.39, 0.29) is 17.0 Å². The minimum Gasteiger partial charge on any atom is -0.465 e. The number of aromatic nitrogens is 1. The second-order valence-corrected chi connectivity index (χ2v) is 10.5. The molecule has 0 unspecified atom stereocenters. The first-order valence-corrected chi connectivity index (χ1v) is 12.0. The van der Waals surface area contributed by atoms with Gasteiger partial charge in [-0.05, 0) is 50.1 Å². The number of benzene rings is 2. The van der Waals surface area contributed by atoms with Gasteiger partial charge in [0, 0.05) is 13.2 Å². The lowest BCUT2D eigenvalue weighted by Crippen LogP contribution is -2.33. The third kappa shape index (κ3) is 5.48. The van der Waals surface area contributed by atoms with Crippen LogP contribution in [0.1, 0.15) is 36.7 Å². The number of methoxy groups -OCH3 is 1. The summed E-state index contributed by atoms with van der Waals surface area (Å²) in [5.74, 6) is -0.752. The second kappa shape index (κ2) is 9.72. The van der Waals surface area contributed by atoms with E-state index in [2.05, 4.69) is 0 Å². The molecule has 0 aliphatic carbocycles. The number of carbonyl (C=O) groups is 2. The maximum Gasteiger partial charge on any atom is 0.410 e. The van der Waals surface area contributed by atoms with Gasteiger partial charge in [-0.1, -0.05) is 42.5 Å². The monoisotopic (exact) mass is 484 g/mol. The minimum atomic E-state index is -4.19. The molecular weight excluding hydrogens is 456 g/mol. The molecule has 0 fully saturated rings. The summed E-state index contributed by atoms with van der Waals surface area (Å²) in [6.07, 6.45) is 0.924. The van der Waals surface area contributed by atoms with Gasteiger partial charge in [-0.25, -0.2) is 22.0 Å². The van der Waals surface area contributed by atoms with Gasteiger partial charge in [-0.15, -0.1) is 0 Å². The fourth-order valence-corrected chi connectivity index (χ4v) is 4.94. The van der Waals surface area contributed by atoms with Gasteiger partial charge in [0.25, 0.3) is 10.0 Å². The third-order valence-corrected chi connectivity index (χ3v) is 6.60. The molecule has 8 nitrogen and oxygen atoms in total. The quantitative estimate of drug-likeness (QED) is 0.477. The van der Waals surface area contributed by atoms with E-state index in [9.17, 15) is 18.0 Å². The van der Waals surface area contributed by atoms with Crippen LogP contribution < -0.4 is 0 Å². The molecule has 0 radical (unpaired) electrons. The highest BCUT2D eigenvalue weighted by molar-refractivity contribution is 7.90. The van der Waals surface area contributed by atoms with Crippen molar-refractivity contribution in [2.45, 2.75) is 37.8 Å². The molecule has 3 aromatic rings. The molecule has 9 heteroatoms. The van der Waals surface area contributed by atoms with Crippen LogP contribution in [0.2, 0.25) is 0 Å². The maximum absolute atomic E-state index is 13.7. The average molecular weight is 485 g/mol. The lowest BCUT2D eigenvalue weighted by molar-refractivity contribution is 0.0285. The van der Waals surface area contributed by atoms with E-state index in [0.29, 0.717) is 16.8 Å². The van der Waals surface area contributed by atoms with Gasteiger partial charge in [0.15, 0.2) is 0 Å². The zero-order chi connectivity index (χ0) is 25.1. The molecule has 180 valence electrons.